The van der Waals surface area contributed by atoms with Crippen LogP contribution in [-0.4, -0.2) is 134 Å². The first kappa shape index (κ1) is 75.5. The topological polar surface area (TPSA) is 431 Å². The van der Waals surface area contributed by atoms with Crippen LogP contribution in [-0.2, 0) is 64.7 Å². The fourth-order valence-corrected chi connectivity index (χ4v) is 11.6. The SMILES string of the molecule is CCCCCCCC(=O)OC(COC(=O)CCCCCCCNC(=O)CCCCC1SCC2NC(=O)NC21)COP(=O)([O-])OC1C(O)C(OP(=O)([O-])O)C(OP(=O)([O-])O)C(OP(=O)([O-])O)C1O.[Na+].[Na+].[Na+].[Na+]. The Morgan fingerprint density at radius 3 is 1.75 bits per heavy atom. The van der Waals surface area contributed by atoms with E-state index in [0.717, 1.165) is 57.1 Å². The van der Waals surface area contributed by atoms with Gasteiger partial charge in [0.05, 0.1) is 18.7 Å². The van der Waals surface area contributed by atoms with E-state index in [2.05, 4.69) is 34.0 Å². The average molecular weight is 1160 g/mol. The summed E-state index contributed by atoms with van der Waals surface area (Å²) in [5.41, 5.74) is 0. The van der Waals surface area contributed by atoms with Gasteiger partial charge >= 0.3 is 136 Å². The number of urea groups is 1. The standard InChI is InChI=1S/C35H65N3O24P4S.4Na/c1-2-3-4-6-10-17-27(41)58-22(19-56-26(40)16-9-7-5-8-13-18-36-25(39)15-12-11-14-24-28-23(21-67-24)37-35(44)38-28)20-57-66(54,55)62-31-29(42)32(59-63(45,46)47)34(61-65(51,52)53)33(30(31)43)60-64(48,49)50;;;;/h22-24,28-34,42-43H,2-21H2,1H3,(H,36,39)(H,54,55)(H2,37,38,44)(H2,45,46,47)(H2,48,49,50)(H2,51,52,53);;;;/q;4*+1/p-4. The number of hydrogen-bond donors (Lipinski definition) is 8. The van der Waals surface area contributed by atoms with Gasteiger partial charge in [-0.05, 0) is 32.1 Å². The van der Waals surface area contributed by atoms with Crippen LogP contribution in [0.3, 0.4) is 0 Å². The van der Waals surface area contributed by atoms with Crippen molar-refractivity contribution in [1.29, 1.82) is 0 Å². The number of ether oxygens (including phenoxy) is 2. The van der Waals surface area contributed by atoms with Crippen molar-refractivity contribution in [2.75, 3.05) is 25.5 Å². The predicted octanol–water partition coefficient (Wildman–Crippen LogP) is -12.9. The molecular formula is C35H61N3Na4O24P4S. The number of phosphoric acid groups is 4. The van der Waals surface area contributed by atoms with E-state index in [1.807, 2.05) is 18.7 Å². The van der Waals surface area contributed by atoms with E-state index >= 15 is 0 Å². The number of rotatable bonds is 33. The molecule has 71 heavy (non-hydrogen) atoms. The van der Waals surface area contributed by atoms with Gasteiger partial charge in [0.25, 0.3) is 31.3 Å². The summed E-state index contributed by atoms with van der Waals surface area (Å²) in [7, 11) is -24.3. The molecule has 0 radical (unpaired) electrons. The number of fused-ring (bicyclic) bond motifs is 1. The number of carbonyl (C=O) groups excluding carboxylic acids is 4. The maximum Gasteiger partial charge on any atom is 1.00 e. The van der Waals surface area contributed by atoms with E-state index < -0.39 is 99.2 Å². The second-order valence-corrected chi connectivity index (χ2v) is 22.2. The van der Waals surface area contributed by atoms with E-state index in [-0.39, 0.29) is 155 Å². The number of nitrogens with one attached hydrogen (secondary N) is 3. The zero-order chi connectivity index (χ0) is 50.0. The van der Waals surface area contributed by atoms with Crippen LogP contribution < -0.4 is 154 Å². The number of amides is 3. The van der Waals surface area contributed by atoms with E-state index in [9.17, 15) is 81.9 Å². The van der Waals surface area contributed by atoms with Gasteiger partial charge in [-0.3, -0.25) is 32.6 Å². The maximum atomic E-state index is 13.0. The number of unbranched alkanes of at least 4 members (excludes halogenated alkanes) is 9. The summed E-state index contributed by atoms with van der Waals surface area (Å²) < 4.78 is 79.9. The molecule has 0 spiro atoms. The Kier molecular flexibility index (Phi) is 39.7. The van der Waals surface area contributed by atoms with Gasteiger partial charge in [0.15, 0.2) is 6.10 Å². The van der Waals surface area contributed by atoms with Gasteiger partial charge in [-0.1, -0.05) is 58.3 Å². The minimum atomic E-state index is -6.10. The van der Waals surface area contributed by atoms with Gasteiger partial charge in [-0.15, -0.1) is 0 Å². The largest absolute Gasteiger partial charge is 1.00 e. The van der Waals surface area contributed by atoms with Gasteiger partial charge in [0.2, 0.25) is 5.91 Å². The second kappa shape index (κ2) is 37.3. The van der Waals surface area contributed by atoms with Gasteiger partial charge in [-0.2, -0.15) is 11.8 Å². The Labute approximate surface area is 504 Å². The smallest absolute Gasteiger partial charge is 0.756 e. The molecule has 2 saturated heterocycles. The molecule has 12 atom stereocenters. The second-order valence-electron chi connectivity index (χ2n) is 16.1. The van der Waals surface area contributed by atoms with Crippen molar-refractivity contribution in [2.45, 2.75) is 170 Å². The summed E-state index contributed by atoms with van der Waals surface area (Å²) in [4.78, 5) is 124. The number of aliphatic hydroxyl groups excluding tert-OH is 2. The molecule has 2 heterocycles. The molecule has 2 aliphatic heterocycles. The summed E-state index contributed by atoms with van der Waals surface area (Å²) in [5.74, 6) is -0.755. The van der Waals surface area contributed by atoms with Crippen LogP contribution in [0.5, 0.6) is 0 Å². The first-order valence-electron chi connectivity index (χ1n) is 21.7. The molecule has 0 bridgehead atoms. The molecule has 390 valence electrons. The van der Waals surface area contributed by atoms with Gasteiger partial charge < -0.3 is 92.5 Å². The van der Waals surface area contributed by atoms with Crippen LogP contribution in [0.1, 0.15) is 110 Å². The quantitative estimate of drug-likeness (QED) is 0.00994. The fraction of sp³-hybridized carbons (Fsp3) is 0.886. The number of carbonyl (C=O) groups is 4. The number of thioether (sulfide) groups is 1. The molecule has 0 aromatic heterocycles. The van der Waals surface area contributed by atoms with Gasteiger partial charge in [0, 0.05) is 36.8 Å². The van der Waals surface area contributed by atoms with Crippen molar-refractivity contribution in [3.8, 4) is 0 Å². The molecule has 1 aliphatic carbocycles. The van der Waals surface area contributed by atoms with E-state index in [4.69, 9.17) is 14.0 Å². The molecule has 8 N–H and O–H groups in total. The van der Waals surface area contributed by atoms with Crippen molar-refractivity contribution in [2.24, 2.45) is 0 Å². The van der Waals surface area contributed by atoms with Crippen molar-refractivity contribution in [3.63, 3.8) is 0 Å². The molecule has 0 aromatic carbocycles. The molecule has 36 heteroatoms. The maximum absolute atomic E-state index is 13.0. The molecule has 27 nitrogen and oxygen atoms in total. The third-order valence-corrected chi connectivity index (χ3v) is 14.6. The minimum Gasteiger partial charge on any atom is -0.756 e. The number of phosphoric ester groups is 4. The van der Waals surface area contributed by atoms with Crippen LogP contribution in [0.4, 0.5) is 4.79 Å². The summed E-state index contributed by atoms with van der Waals surface area (Å²) in [6.07, 6.45) is -9.42. The molecular weight excluding hydrogens is 1090 g/mol. The Hall–Kier alpha value is 2.39. The monoisotopic (exact) mass is 1160 g/mol. The van der Waals surface area contributed by atoms with Crippen LogP contribution in [0, 0.1) is 0 Å². The Morgan fingerprint density at radius 2 is 1.18 bits per heavy atom. The molecule has 3 amide bonds. The van der Waals surface area contributed by atoms with E-state index in [0.29, 0.717) is 50.3 Å². The normalized spacial score (nSPS) is 27.3. The fourth-order valence-electron chi connectivity index (χ4n) is 7.46. The predicted molar refractivity (Wildman–Crippen MR) is 223 cm³/mol. The van der Waals surface area contributed by atoms with Crippen LogP contribution in [0.15, 0.2) is 0 Å². The van der Waals surface area contributed by atoms with Crippen LogP contribution in [0.25, 0.3) is 0 Å². The Balaban J connectivity index is 0. The molecule has 0 aromatic rings. The van der Waals surface area contributed by atoms with Crippen LogP contribution >= 0.6 is 43.1 Å². The third kappa shape index (κ3) is 31.1. The minimum absolute atomic E-state index is 0. The zero-order valence-electron chi connectivity index (χ0n) is 40.6. The molecule has 3 aliphatic rings. The molecule has 12 unspecified atom stereocenters. The summed E-state index contributed by atoms with van der Waals surface area (Å²) in [6, 6.07) is 0.154. The number of hydrogen-bond acceptors (Lipinski definition) is 22. The third-order valence-electron chi connectivity index (χ3n) is 10.6. The molecule has 3 rings (SSSR count). The van der Waals surface area contributed by atoms with Crippen molar-refractivity contribution < 1.29 is 232 Å². The summed E-state index contributed by atoms with van der Waals surface area (Å²) in [6.45, 7) is 0.596. The van der Waals surface area contributed by atoms with Crippen LogP contribution in [0.2, 0.25) is 0 Å². The number of esters is 2. The number of aliphatic hydroxyl groups is 2. The van der Waals surface area contributed by atoms with Crippen molar-refractivity contribution >= 4 is 66.9 Å². The first-order chi connectivity index (χ1) is 31.3. The zero-order valence-corrected chi connectivity index (χ0v) is 53.0. The Morgan fingerprint density at radius 1 is 0.676 bits per heavy atom. The first-order valence-corrected chi connectivity index (χ1v) is 28.7. The van der Waals surface area contributed by atoms with E-state index in [1.54, 1.807) is 0 Å². The van der Waals surface area contributed by atoms with Crippen molar-refractivity contribution in [1.82, 2.24) is 16.0 Å². The van der Waals surface area contributed by atoms with E-state index in [1.165, 1.54) is 0 Å². The molecule has 1 saturated carbocycles. The van der Waals surface area contributed by atoms with Crippen molar-refractivity contribution in [3.05, 3.63) is 0 Å². The van der Waals surface area contributed by atoms with Gasteiger partial charge in [0.1, 0.15) is 43.2 Å². The Bertz CT molecular complexity index is 1770. The van der Waals surface area contributed by atoms with Gasteiger partial charge in [-0.25, -0.2) is 4.79 Å². The average Bonchev–Trinajstić information content (AvgIpc) is 3.77. The molecule has 3 fully saturated rings. The summed E-state index contributed by atoms with van der Waals surface area (Å²) in [5, 5.41) is 30.6. The summed E-state index contributed by atoms with van der Waals surface area (Å²) >= 11 is 1.83.